The summed E-state index contributed by atoms with van der Waals surface area (Å²) in [7, 11) is 0. The molecule has 82 valence electrons. The zero-order valence-corrected chi connectivity index (χ0v) is 11.4. The third-order valence-electron chi connectivity index (χ3n) is 2.20. The van der Waals surface area contributed by atoms with Crippen LogP contribution in [-0.4, -0.2) is 10.8 Å². The lowest BCUT2D eigenvalue weighted by Gasteiger charge is -1.98. The Morgan fingerprint density at radius 1 is 1.44 bits per heavy atom. The summed E-state index contributed by atoms with van der Waals surface area (Å²) in [4.78, 5) is 16.7. The highest BCUT2D eigenvalue weighted by atomic mass is 79.9. The van der Waals surface area contributed by atoms with Crippen molar-refractivity contribution in [2.75, 3.05) is 0 Å². The Balaban J connectivity index is 2.52. The zero-order chi connectivity index (χ0) is 11.7. The Hall–Kier alpha value is -1.000. The van der Waals surface area contributed by atoms with Crippen LogP contribution in [0.15, 0.2) is 28.7 Å². The Kier molecular flexibility index (Phi) is 3.21. The number of Topliss-reactive ketones (excluding diaryl/α,β-unsaturated/α-hetero) is 1. The fraction of sp³-hybridized carbons (Fsp3) is 0.167. The maximum absolute atomic E-state index is 11.2. The Labute approximate surface area is 106 Å². The number of aryl methyl sites for hydroxylation is 1. The van der Waals surface area contributed by atoms with Gasteiger partial charge in [0.1, 0.15) is 0 Å². The quantitative estimate of drug-likeness (QED) is 0.781. The van der Waals surface area contributed by atoms with Gasteiger partial charge in [-0.3, -0.25) is 4.79 Å². The van der Waals surface area contributed by atoms with Crippen molar-refractivity contribution >= 4 is 33.0 Å². The molecule has 4 heteroatoms. The minimum atomic E-state index is 0.0225. The number of nitrogens with zero attached hydrogens (tertiary/aromatic N) is 1. The highest BCUT2D eigenvalue weighted by Gasteiger charge is 2.12. The van der Waals surface area contributed by atoms with E-state index >= 15 is 0 Å². The van der Waals surface area contributed by atoms with Gasteiger partial charge >= 0.3 is 0 Å². The minimum absolute atomic E-state index is 0.0225. The summed E-state index contributed by atoms with van der Waals surface area (Å²) < 4.78 is 1.02. The van der Waals surface area contributed by atoms with Gasteiger partial charge in [0.05, 0.1) is 5.69 Å². The lowest BCUT2D eigenvalue weighted by atomic mass is 10.1. The van der Waals surface area contributed by atoms with E-state index in [2.05, 4.69) is 20.9 Å². The average molecular weight is 296 g/mol. The SMILES string of the molecule is CC(=O)c1nc(-c2cccc(Br)c2)c(C)s1. The van der Waals surface area contributed by atoms with Gasteiger partial charge < -0.3 is 0 Å². The van der Waals surface area contributed by atoms with Crippen molar-refractivity contribution in [3.05, 3.63) is 38.6 Å². The van der Waals surface area contributed by atoms with Gasteiger partial charge in [-0.05, 0) is 19.1 Å². The van der Waals surface area contributed by atoms with Gasteiger partial charge in [0.25, 0.3) is 0 Å². The van der Waals surface area contributed by atoms with Crippen molar-refractivity contribution in [1.29, 1.82) is 0 Å². The number of carbonyl (C=O) groups is 1. The maximum atomic E-state index is 11.2. The Morgan fingerprint density at radius 3 is 2.75 bits per heavy atom. The fourth-order valence-electron chi connectivity index (χ4n) is 1.45. The summed E-state index contributed by atoms with van der Waals surface area (Å²) in [5, 5.41) is 0.576. The van der Waals surface area contributed by atoms with E-state index in [1.165, 1.54) is 11.3 Å². The molecule has 0 amide bonds. The summed E-state index contributed by atoms with van der Waals surface area (Å²) in [6.07, 6.45) is 0. The first-order valence-corrected chi connectivity index (χ1v) is 6.43. The second-order valence-electron chi connectivity index (χ2n) is 3.49. The maximum Gasteiger partial charge on any atom is 0.188 e. The molecule has 0 unspecified atom stereocenters. The molecule has 0 aliphatic heterocycles. The molecule has 0 bridgehead atoms. The predicted molar refractivity (Wildman–Crippen MR) is 70.0 cm³/mol. The monoisotopic (exact) mass is 295 g/mol. The van der Waals surface area contributed by atoms with Crippen molar-refractivity contribution < 1.29 is 4.79 Å². The molecule has 16 heavy (non-hydrogen) atoms. The van der Waals surface area contributed by atoms with Crippen LogP contribution in [-0.2, 0) is 0 Å². The van der Waals surface area contributed by atoms with Crippen molar-refractivity contribution in [3.8, 4) is 11.3 Å². The van der Waals surface area contributed by atoms with E-state index in [0.29, 0.717) is 5.01 Å². The van der Waals surface area contributed by atoms with Gasteiger partial charge in [-0.1, -0.05) is 28.1 Å². The van der Waals surface area contributed by atoms with Crippen molar-refractivity contribution in [1.82, 2.24) is 4.98 Å². The molecule has 0 saturated carbocycles. The highest BCUT2D eigenvalue weighted by Crippen LogP contribution is 2.29. The third-order valence-corrected chi connectivity index (χ3v) is 3.76. The van der Waals surface area contributed by atoms with Gasteiger partial charge in [-0.2, -0.15) is 0 Å². The molecular formula is C12H10BrNOS. The molecule has 0 aliphatic carbocycles. The van der Waals surface area contributed by atoms with E-state index in [1.54, 1.807) is 6.92 Å². The third kappa shape index (κ3) is 2.23. The lowest BCUT2D eigenvalue weighted by molar-refractivity contribution is 0.101. The lowest BCUT2D eigenvalue weighted by Crippen LogP contribution is -1.89. The van der Waals surface area contributed by atoms with Gasteiger partial charge in [-0.25, -0.2) is 4.98 Å². The van der Waals surface area contributed by atoms with E-state index in [1.807, 2.05) is 31.2 Å². The number of benzene rings is 1. The van der Waals surface area contributed by atoms with Gasteiger partial charge in [-0.15, -0.1) is 11.3 Å². The zero-order valence-electron chi connectivity index (χ0n) is 8.95. The number of carbonyl (C=O) groups excluding carboxylic acids is 1. The molecule has 0 aliphatic rings. The summed E-state index contributed by atoms with van der Waals surface area (Å²) in [6.45, 7) is 3.53. The highest BCUT2D eigenvalue weighted by molar-refractivity contribution is 9.10. The first-order chi connectivity index (χ1) is 7.58. The molecule has 1 heterocycles. The molecule has 1 aromatic heterocycles. The van der Waals surface area contributed by atoms with Crippen LogP contribution in [0.3, 0.4) is 0 Å². The molecular weight excluding hydrogens is 286 g/mol. The first-order valence-electron chi connectivity index (χ1n) is 4.82. The smallest absolute Gasteiger partial charge is 0.188 e. The molecule has 1 aromatic carbocycles. The number of hydrogen-bond acceptors (Lipinski definition) is 3. The summed E-state index contributed by atoms with van der Waals surface area (Å²) >= 11 is 4.88. The van der Waals surface area contributed by atoms with Crippen molar-refractivity contribution in [2.24, 2.45) is 0 Å². The molecule has 2 rings (SSSR count). The number of rotatable bonds is 2. The second kappa shape index (κ2) is 4.47. The van der Waals surface area contributed by atoms with Crippen LogP contribution < -0.4 is 0 Å². The van der Waals surface area contributed by atoms with Crippen LogP contribution in [0, 0.1) is 6.92 Å². The van der Waals surface area contributed by atoms with Gasteiger partial charge in [0.2, 0.25) is 0 Å². The topological polar surface area (TPSA) is 30.0 Å². The Bertz CT molecular complexity index is 548. The molecule has 0 atom stereocenters. The second-order valence-corrected chi connectivity index (χ2v) is 5.61. The molecule has 0 saturated heterocycles. The normalized spacial score (nSPS) is 10.4. The van der Waals surface area contributed by atoms with Crippen LogP contribution in [0.5, 0.6) is 0 Å². The molecule has 0 spiro atoms. The Morgan fingerprint density at radius 2 is 2.19 bits per heavy atom. The summed E-state index contributed by atoms with van der Waals surface area (Å²) in [6, 6.07) is 7.94. The van der Waals surface area contributed by atoms with Crippen LogP contribution >= 0.6 is 27.3 Å². The molecule has 2 aromatic rings. The molecule has 0 N–H and O–H groups in total. The average Bonchev–Trinajstić information content (AvgIpc) is 2.60. The number of thiazole rings is 1. The van der Waals surface area contributed by atoms with E-state index in [0.717, 1.165) is 20.6 Å². The van der Waals surface area contributed by atoms with Crippen LogP contribution in [0.25, 0.3) is 11.3 Å². The number of ketones is 1. The minimum Gasteiger partial charge on any atom is -0.292 e. The number of aromatic nitrogens is 1. The van der Waals surface area contributed by atoms with E-state index in [-0.39, 0.29) is 5.78 Å². The molecule has 0 fully saturated rings. The largest absolute Gasteiger partial charge is 0.292 e. The van der Waals surface area contributed by atoms with E-state index < -0.39 is 0 Å². The van der Waals surface area contributed by atoms with Gasteiger partial charge in [0, 0.05) is 21.8 Å². The first kappa shape index (κ1) is 11.5. The van der Waals surface area contributed by atoms with Crippen molar-refractivity contribution in [2.45, 2.75) is 13.8 Å². The molecule has 0 radical (unpaired) electrons. The number of halogens is 1. The summed E-state index contributed by atoms with van der Waals surface area (Å²) in [5.74, 6) is 0.0225. The van der Waals surface area contributed by atoms with E-state index in [4.69, 9.17) is 0 Å². The standard InChI is InChI=1S/C12H10BrNOS/c1-7(15)12-14-11(8(2)16-12)9-4-3-5-10(13)6-9/h3-6H,1-2H3. The number of hydrogen-bond donors (Lipinski definition) is 0. The summed E-state index contributed by atoms with van der Waals surface area (Å²) in [5.41, 5.74) is 1.94. The molecule has 2 nitrogen and oxygen atoms in total. The fourth-order valence-corrected chi connectivity index (χ4v) is 2.68. The van der Waals surface area contributed by atoms with Crippen LogP contribution in [0.4, 0.5) is 0 Å². The van der Waals surface area contributed by atoms with Crippen LogP contribution in [0.2, 0.25) is 0 Å². The predicted octanol–water partition coefficient (Wildman–Crippen LogP) is 4.08. The van der Waals surface area contributed by atoms with Crippen molar-refractivity contribution in [3.63, 3.8) is 0 Å². The van der Waals surface area contributed by atoms with Gasteiger partial charge in [0.15, 0.2) is 10.8 Å². The van der Waals surface area contributed by atoms with Crippen LogP contribution in [0.1, 0.15) is 21.6 Å². The van der Waals surface area contributed by atoms with E-state index in [9.17, 15) is 4.79 Å².